The number of nitrogens with two attached hydrogens (primary N) is 1. The van der Waals surface area contributed by atoms with Crippen LogP contribution in [-0.4, -0.2) is 11.5 Å². The molecule has 0 atom stereocenters. The van der Waals surface area contributed by atoms with Gasteiger partial charge in [0.1, 0.15) is 5.82 Å². The molecule has 0 radical (unpaired) electrons. The predicted molar refractivity (Wildman–Crippen MR) is 50.5 cm³/mol. The largest absolute Gasteiger partial charge is 0.398 e. The topological polar surface area (TPSA) is 43.1 Å². The lowest BCUT2D eigenvalue weighted by molar-refractivity contribution is 0.0984. The fraction of sp³-hybridized carbons (Fsp3) is 0.222. The molecular formula is C9H8FNOS. The van der Waals surface area contributed by atoms with Gasteiger partial charge in [-0.1, -0.05) is 0 Å². The lowest BCUT2D eigenvalue weighted by Gasteiger charge is -2.15. The van der Waals surface area contributed by atoms with E-state index in [1.54, 1.807) is 0 Å². The van der Waals surface area contributed by atoms with Gasteiger partial charge in [-0.2, -0.15) is 0 Å². The lowest BCUT2D eigenvalue weighted by atomic mass is 10.1. The third kappa shape index (κ3) is 1.42. The summed E-state index contributed by atoms with van der Waals surface area (Å²) in [5.41, 5.74) is 6.40. The van der Waals surface area contributed by atoms with Gasteiger partial charge in [0, 0.05) is 28.3 Å². The number of fused-ring (bicyclic) bond motifs is 1. The van der Waals surface area contributed by atoms with E-state index in [1.807, 2.05) is 0 Å². The third-order valence-electron chi connectivity index (χ3n) is 1.96. The SMILES string of the molecule is Nc1cc(F)cc2c1SCCC2=O. The van der Waals surface area contributed by atoms with E-state index in [9.17, 15) is 9.18 Å². The van der Waals surface area contributed by atoms with E-state index in [4.69, 9.17) is 5.73 Å². The third-order valence-corrected chi connectivity index (χ3v) is 3.11. The fourth-order valence-corrected chi connectivity index (χ4v) is 2.41. The van der Waals surface area contributed by atoms with Crippen LogP contribution in [0.2, 0.25) is 0 Å². The molecule has 2 rings (SSSR count). The van der Waals surface area contributed by atoms with Crippen molar-refractivity contribution >= 4 is 23.2 Å². The van der Waals surface area contributed by atoms with Gasteiger partial charge in [-0.3, -0.25) is 4.79 Å². The van der Waals surface area contributed by atoms with Crippen LogP contribution in [0.5, 0.6) is 0 Å². The van der Waals surface area contributed by atoms with Crippen LogP contribution in [0.15, 0.2) is 17.0 Å². The van der Waals surface area contributed by atoms with Crippen LogP contribution in [0.3, 0.4) is 0 Å². The first-order chi connectivity index (χ1) is 6.18. The normalized spacial score (nSPS) is 15.6. The zero-order valence-corrected chi connectivity index (χ0v) is 7.66. The van der Waals surface area contributed by atoms with E-state index in [0.29, 0.717) is 17.7 Å². The molecule has 4 heteroatoms. The highest BCUT2D eigenvalue weighted by Crippen LogP contribution is 2.35. The Kier molecular flexibility index (Phi) is 2.00. The van der Waals surface area contributed by atoms with Gasteiger partial charge in [0.05, 0.1) is 0 Å². The van der Waals surface area contributed by atoms with Crippen molar-refractivity contribution in [3.8, 4) is 0 Å². The molecule has 0 unspecified atom stereocenters. The van der Waals surface area contributed by atoms with Gasteiger partial charge >= 0.3 is 0 Å². The van der Waals surface area contributed by atoms with Crippen molar-refractivity contribution in [3.05, 3.63) is 23.5 Å². The molecule has 2 nitrogen and oxygen atoms in total. The zero-order chi connectivity index (χ0) is 9.42. The van der Waals surface area contributed by atoms with Gasteiger partial charge < -0.3 is 5.73 Å². The van der Waals surface area contributed by atoms with Crippen LogP contribution in [0.25, 0.3) is 0 Å². The Morgan fingerprint density at radius 3 is 3.00 bits per heavy atom. The Morgan fingerprint density at radius 2 is 2.23 bits per heavy atom. The van der Waals surface area contributed by atoms with Crippen LogP contribution >= 0.6 is 11.8 Å². The summed E-state index contributed by atoms with van der Waals surface area (Å²) >= 11 is 1.52. The summed E-state index contributed by atoms with van der Waals surface area (Å²) < 4.78 is 12.9. The number of ketones is 1. The Hall–Kier alpha value is -1.03. The van der Waals surface area contributed by atoms with E-state index in [1.165, 1.54) is 23.9 Å². The highest BCUT2D eigenvalue weighted by atomic mass is 32.2. The van der Waals surface area contributed by atoms with Gasteiger partial charge in [-0.25, -0.2) is 4.39 Å². The van der Waals surface area contributed by atoms with Crippen LogP contribution in [-0.2, 0) is 0 Å². The summed E-state index contributed by atoms with van der Waals surface area (Å²) in [7, 11) is 0. The van der Waals surface area contributed by atoms with Gasteiger partial charge in [-0.05, 0) is 12.1 Å². The number of benzene rings is 1. The highest BCUT2D eigenvalue weighted by molar-refractivity contribution is 7.99. The summed E-state index contributed by atoms with van der Waals surface area (Å²) in [6, 6.07) is 2.52. The fourth-order valence-electron chi connectivity index (χ4n) is 1.36. The molecule has 1 aromatic rings. The summed E-state index contributed by atoms with van der Waals surface area (Å²) in [5, 5.41) is 0. The number of hydrogen-bond donors (Lipinski definition) is 1. The Balaban J connectivity index is 2.63. The van der Waals surface area contributed by atoms with Crippen molar-refractivity contribution in [2.45, 2.75) is 11.3 Å². The molecule has 0 spiro atoms. The van der Waals surface area contributed by atoms with Gasteiger partial charge in [0.25, 0.3) is 0 Å². The first kappa shape index (κ1) is 8.56. The molecule has 2 N–H and O–H groups in total. The number of nitrogen functional groups attached to an aromatic ring is 1. The number of anilines is 1. The first-order valence-electron chi connectivity index (χ1n) is 3.93. The van der Waals surface area contributed by atoms with E-state index in [-0.39, 0.29) is 5.78 Å². The van der Waals surface area contributed by atoms with Crippen LogP contribution in [0.1, 0.15) is 16.8 Å². The van der Waals surface area contributed by atoms with E-state index in [2.05, 4.69) is 0 Å². The lowest BCUT2D eigenvalue weighted by Crippen LogP contribution is -2.10. The van der Waals surface area contributed by atoms with Gasteiger partial charge in [0.15, 0.2) is 5.78 Å². The molecule has 0 bridgehead atoms. The summed E-state index contributed by atoms with van der Waals surface area (Å²) in [6.07, 6.45) is 0.473. The minimum Gasteiger partial charge on any atom is -0.398 e. The van der Waals surface area contributed by atoms with E-state index < -0.39 is 5.82 Å². The average molecular weight is 197 g/mol. The molecular weight excluding hydrogens is 189 g/mol. The van der Waals surface area contributed by atoms with Crippen molar-refractivity contribution in [3.63, 3.8) is 0 Å². The van der Waals surface area contributed by atoms with Crippen molar-refractivity contribution in [1.29, 1.82) is 0 Å². The Morgan fingerprint density at radius 1 is 1.46 bits per heavy atom. The minimum absolute atomic E-state index is 0.0139. The molecule has 1 heterocycles. The van der Waals surface area contributed by atoms with E-state index in [0.717, 1.165) is 10.6 Å². The molecule has 0 amide bonds. The van der Waals surface area contributed by atoms with Crippen molar-refractivity contribution in [2.24, 2.45) is 0 Å². The predicted octanol–water partition coefficient (Wildman–Crippen LogP) is 2.09. The number of carbonyl (C=O) groups is 1. The number of Topliss-reactive ketones (excluding diaryl/α,β-unsaturated/α-hetero) is 1. The van der Waals surface area contributed by atoms with Crippen LogP contribution < -0.4 is 5.73 Å². The number of carbonyl (C=O) groups excluding carboxylic acids is 1. The molecule has 1 aliphatic heterocycles. The molecule has 13 heavy (non-hydrogen) atoms. The molecule has 0 saturated heterocycles. The summed E-state index contributed by atoms with van der Waals surface area (Å²) in [5.74, 6) is 0.286. The maximum atomic E-state index is 12.9. The quantitative estimate of drug-likeness (QED) is 0.647. The van der Waals surface area contributed by atoms with Crippen molar-refractivity contribution in [1.82, 2.24) is 0 Å². The standard InChI is InChI=1S/C9H8FNOS/c10-5-3-6-8(12)1-2-13-9(6)7(11)4-5/h3-4H,1-2,11H2. The van der Waals surface area contributed by atoms with Gasteiger partial charge in [0.2, 0.25) is 0 Å². The first-order valence-corrected chi connectivity index (χ1v) is 4.92. The maximum Gasteiger partial charge on any atom is 0.165 e. The number of rotatable bonds is 0. The van der Waals surface area contributed by atoms with Crippen molar-refractivity contribution < 1.29 is 9.18 Å². The minimum atomic E-state index is -0.438. The summed E-state index contributed by atoms with van der Waals surface area (Å²) in [4.78, 5) is 12.1. The Bertz CT molecular complexity index is 378. The second-order valence-electron chi connectivity index (χ2n) is 2.89. The van der Waals surface area contributed by atoms with Crippen molar-refractivity contribution in [2.75, 3.05) is 11.5 Å². The van der Waals surface area contributed by atoms with E-state index >= 15 is 0 Å². The second kappa shape index (κ2) is 3.03. The molecule has 68 valence electrons. The molecule has 0 aromatic heterocycles. The number of hydrogen-bond acceptors (Lipinski definition) is 3. The number of thioether (sulfide) groups is 1. The van der Waals surface area contributed by atoms with Gasteiger partial charge in [-0.15, -0.1) is 11.8 Å². The monoisotopic (exact) mass is 197 g/mol. The molecule has 1 aliphatic rings. The molecule has 0 saturated carbocycles. The van der Waals surface area contributed by atoms with Crippen LogP contribution in [0.4, 0.5) is 10.1 Å². The smallest absolute Gasteiger partial charge is 0.165 e. The van der Waals surface area contributed by atoms with Crippen LogP contribution in [0, 0.1) is 5.82 Å². The number of halogens is 1. The molecule has 0 fully saturated rings. The highest BCUT2D eigenvalue weighted by Gasteiger charge is 2.20. The molecule has 1 aromatic carbocycles. The maximum absolute atomic E-state index is 12.9. The average Bonchev–Trinajstić information content (AvgIpc) is 2.07. The molecule has 0 aliphatic carbocycles. The Labute approximate surface area is 79.3 Å². The summed E-state index contributed by atoms with van der Waals surface area (Å²) in [6.45, 7) is 0. The second-order valence-corrected chi connectivity index (χ2v) is 4.00. The zero-order valence-electron chi connectivity index (χ0n) is 6.84.